The van der Waals surface area contributed by atoms with Gasteiger partial charge < -0.3 is 15.2 Å². The fourth-order valence-electron chi connectivity index (χ4n) is 2.57. The Labute approximate surface area is 114 Å². The third-order valence-corrected chi connectivity index (χ3v) is 3.71. The Kier molecular flexibility index (Phi) is 4.58. The predicted octanol–water partition coefficient (Wildman–Crippen LogP) is 1.48. The standard InChI is InChI=1S/C14H23N3O2/c1-9(8-12-10(2)17-19-11(12)3)16-14(18)13-6-4-5-7-15-13/h9,13,15H,4-8H2,1-3H3,(H,16,18). The van der Waals surface area contributed by atoms with Crippen LogP contribution >= 0.6 is 0 Å². The molecular weight excluding hydrogens is 242 g/mol. The summed E-state index contributed by atoms with van der Waals surface area (Å²) in [5, 5.41) is 10.3. The first-order chi connectivity index (χ1) is 9.08. The van der Waals surface area contributed by atoms with Crippen LogP contribution in [0.15, 0.2) is 4.52 Å². The van der Waals surface area contributed by atoms with E-state index in [0.29, 0.717) is 0 Å². The van der Waals surface area contributed by atoms with E-state index in [2.05, 4.69) is 15.8 Å². The van der Waals surface area contributed by atoms with Crippen LogP contribution in [0.4, 0.5) is 0 Å². The molecule has 1 amide bonds. The molecule has 0 aromatic carbocycles. The minimum Gasteiger partial charge on any atom is -0.361 e. The predicted molar refractivity (Wildman–Crippen MR) is 72.9 cm³/mol. The molecule has 0 saturated carbocycles. The number of piperidine rings is 1. The van der Waals surface area contributed by atoms with Gasteiger partial charge in [-0.05, 0) is 46.6 Å². The summed E-state index contributed by atoms with van der Waals surface area (Å²) in [6.07, 6.45) is 3.99. The molecule has 5 nitrogen and oxygen atoms in total. The molecule has 1 fully saturated rings. The molecule has 2 atom stereocenters. The molecule has 1 aromatic heterocycles. The highest BCUT2D eigenvalue weighted by atomic mass is 16.5. The summed E-state index contributed by atoms with van der Waals surface area (Å²) in [4.78, 5) is 12.1. The summed E-state index contributed by atoms with van der Waals surface area (Å²) in [6, 6.07) is 0.0638. The molecule has 1 aliphatic rings. The number of hydrogen-bond donors (Lipinski definition) is 2. The lowest BCUT2D eigenvalue weighted by atomic mass is 10.0. The van der Waals surface area contributed by atoms with Gasteiger partial charge in [-0.1, -0.05) is 11.6 Å². The fraction of sp³-hybridized carbons (Fsp3) is 0.714. The van der Waals surface area contributed by atoms with E-state index in [1.54, 1.807) is 0 Å². The first kappa shape index (κ1) is 14.1. The Hall–Kier alpha value is -1.36. The minimum atomic E-state index is -0.0270. The molecule has 19 heavy (non-hydrogen) atoms. The summed E-state index contributed by atoms with van der Waals surface area (Å²) in [6.45, 7) is 6.80. The number of amides is 1. The summed E-state index contributed by atoms with van der Waals surface area (Å²) in [5.74, 6) is 0.952. The van der Waals surface area contributed by atoms with Crippen LogP contribution in [0.3, 0.4) is 0 Å². The van der Waals surface area contributed by atoms with E-state index in [-0.39, 0.29) is 18.0 Å². The average Bonchev–Trinajstić information content (AvgIpc) is 2.71. The van der Waals surface area contributed by atoms with Crippen LogP contribution in [0.5, 0.6) is 0 Å². The second-order valence-corrected chi connectivity index (χ2v) is 5.42. The molecular formula is C14H23N3O2. The first-order valence-electron chi connectivity index (χ1n) is 7.03. The second kappa shape index (κ2) is 6.19. The number of nitrogens with one attached hydrogen (secondary N) is 2. The molecule has 2 unspecified atom stereocenters. The summed E-state index contributed by atoms with van der Waals surface area (Å²) in [5.41, 5.74) is 2.01. The lowest BCUT2D eigenvalue weighted by Gasteiger charge is -2.24. The van der Waals surface area contributed by atoms with Crippen molar-refractivity contribution in [2.45, 2.75) is 58.5 Å². The van der Waals surface area contributed by atoms with E-state index in [9.17, 15) is 4.79 Å². The molecule has 1 saturated heterocycles. The zero-order valence-corrected chi connectivity index (χ0v) is 12.0. The lowest BCUT2D eigenvalue weighted by Crippen LogP contribution is -2.49. The molecule has 2 heterocycles. The van der Waals surface area contributed by atoms with Crippen molar-refractivity contribution in [2.75, 3.05) is 6.54 Å². The maximum Gasteiger partial charge on any atom is 0.237 e. The third-order valence-electron chi connectivity index (χ3n) is 3.71. The number of rotatable bonds is 4. The Bertz CT molecular complexity index is 416. The van der Waals surface area contributed by atoms with Crippen molar-refractivity contribution in [2.24, 2.45) is 0 Å². The van der Waals surface area contributed by atoms with Gasteiger partial charge in [-0.3, -0.25) is 4.79 Å². The number of nitrogens with zero attached hydrogens (tertiary/aromatic N) is 1. The summed E-state index contributed by atoms with van der Waals surface area (Å²) < 4.78 is 5.14. The van der Waals surface area contributed by atoms with Gasteiger partial charge in [0.1, 0.15) is 5.76 Å². The Morgan fingerprint density at radius 1 is 1.53 bits per heavy atom. The van der Waals surface area contributed by atoms with Crippen molar-refractivity contribution in [1.29, 1.82) is 0 Å². The van der Waals surface area contributed by atoms with Gasteiger partial charge in [-0.15, -0.1) is 0 Å². The van der Waals surface area contributed by atoms with Gasteiger partial charge in [-0.2, -0.15) is 0 Å². The molecule has 1 aliphatic heterocycles. The zero-order chi connectivity index (χ0) is 13.8. The Morgan fingerprint density at radius 2 is 2.32 bits per heavy atom. The van der Waals surface area contributed by atoms with Crippen LogP contribution in [0.2, 0.25) is 0 Å². The van der Waals surface area contributed by atoms with Gasteiger partial charge in [0, 0.05) is 11.6 Å². The van der Waals surface area contributed by atoms with Crippen LogP contribution in [0, 0.1) is 13.8 Å². The SMILES string of the molecule is Cc1noc(C)c1CC(C)NC(=O)C1CCCCN1. The van der Waals surface area contributed by atoms with Gasteiger partial charge in [0.15, 0.2) is 0 Å². The zero-order valence-electron chi connectivity index (χ0n) is 12.0. The van der Waals surface area contributed by atoms with Crippen molar-refractivity contribution in [1.82, 2.24) is 15.8 Å². The van der Waals surface area contributed by atoms with Crippen LogP contribution in [0.1, 0.15) is 43.2 Å². The van der Waals surface area contributed by atoms with Crippen molar-refractivity contribution < 1.29 is 9.32 Å². The highest BCUT2D eigenvalue weighted by molar-refractivity contribution is 5.82. The van der Waals surface area contributed by atoms with Crippen LogP contribution < -0.4 is 10.6 Å². The Morgan fingerprint density at radius 3 is 2.89 bits per heavy atom. The lowest BCUT2D eigenvalue weighted by molar-refractivity contribution is -0.124. The van der Waals surface area contributed by atoms with E-state index < -0.39 is 0 Å². The average molecular weight is 265 g/mol. The molecule has 2 rings (SSSR count). The molecule has 0 spiro atoms. The molecule has 1 aromatic rings. The summed E-state index contributed by atoms with van der Waals surface area (Å²) >= 11 is 0. The van der Waals surface area contributed by atoms with Crippen LogP contribution in [-0.2, 0) is 11.2 Å². The largest absolute Gasteiger partial charge is 0.361 e. The normalized spacial score (nSPS) is 21.1. The van der Waals surface area contributed by atoms with E-state index in [1.807, 2.05) is 20.8 Å². The molecule has 5 heteroatoms. The second-order valence-electron chi connectivity index (χ2n) is 5.42. The number of aryl methyl sites for hydroxylation is 2. The number of hydrogen-bond acceptors (Lipinski definition) is 4. The molecule has 106 valence electrons. The van der Waals surface area contributed by atoms with Gasteiger partial charge >= 0.3 is 0 Å². The maximum atomic E-state index is 12.1. The van der Waals surface area contributed by atoms with Gasteiger partial charge in [0.2, 0.25) is 5.91 Å². The third kappa shape index (κ3) is 3.56. The quantitative estimate of drug-likeness (QED) is 0.865. The van der Waals surface area contributed by atoms with Gasteiger partial charge in [0.25, 0.3) is 0 Å². The minimum absolute atomic E-state index is 0.0270. The highest BCUT2D eigenvalue weighted by Gasteiger charge is 2.22. The fourth-order valence-corrected chi connectivity index (χ4v) is 2.57. The van der Waals surface area contributed by atoms with E-state index >= 15 is 0 Å². The van der Waals surface area contributed by atoms with E-state index in [1.165, 1.54) is 6.42 Å². The van der Waals surface area contributed by atoms with E-state index in [0.717, 1.165) is 42.8 Å². The number of carbonyl (C=O) groups is 1. The van der Waals surface area contributed by atoms with Gasteiger partial charge in [0.05, 0.1) is 11.7 Å². The maximum absolute atomic E-state index is 12.1. The van der Waals surface area contributed by atoms with Crippen molar-refractivity contribution in [3.05, 3.63) is 17.0 Å². The van der Waals surface area contributed by atoms with Gasteiger partial charge in [-0.25, -0.2) is 0 Å². The Balaban J connectivity index is 1.87. The van der Waals surface area contributed by atoms with Crippen LogP contribution in [-0.4, -0.2) is 29.7 Å². The number of aromatic nitrogens is 1. The van der Waals surface area contributed by atoms with Crippen molar-refractivity contribution in [3.8, 4) is 0 Å². The van der Waals surface area contributed by atoms with Crippen molar-refractivity contribution >= 4 is 5.91 Å². The number of carbonyl (C=O) groups excluding carboxylic acids is 1. The molecule has 2 N–H and O–H groups in total. The topological polar surface area (TPSA) is 67.2 Å². The molecule has 0 radical (unpaired) electrons. The smallest absolute Gasteiger partial charge is 0.237 e. The molecule has 0 bridgehead atoms. The monoisotopic (exact) mass is 265 g/mol. The first-order valence-corrected chi connectivity index (χ1v) is 7.03. The summed E-state index contributed by atoms with van der Waals surface area (Å²) in [7, 11) is 0. The highest BCUT2D eigenvalue weighted by Crippen LogP contribution is 2.14. The molecule has 0 aliphatic carbocycles. The van der Waals surface area contributed by atoms with Crippen LogP contribution in [0.25, 0.3) is 0 Å². The van der Waals surface area contributed by atoms with Crippen molar-refractivity contribution in [3.63, 3.8) is 0 Å². The van der Waals surface area contributed by atoms with E-state index in [4.69, 9.17) is 4.52 Å².